The maximum atomic E-state index is 13.1. The summed E-state index contributed by atoms with van der Waals surface area (Å²) in [5.74, 6) is -0.863. The van der Waals surface area contributed by atoms with Crippen molar-refractivity contribution in [3.63, 3.8) is 0 Å². The van der Waals surface area contributed by atoms with Crippen LogP contribution in [-0.2, 0) is 13.6 Å². The van der Waals surface area contributed by atoms with Crippen molar-refractivity contribution in [1.82, 2.24) is 9.78 Å². The molecule has 1 N–H and O–H groups in total. The Morgan fingerprint density at radius 2 is 1.84 bits per heavy atom. The van der Waals surface area contributed by atoms with Crippen LogP contribution < -0.4 is 5.32 Å². The molecular weight excluding hydrogens is 248 g/mol. The van der Waals surface area contributed by atoms with Crippen LogP contribution in [0.25, 0.3) is 0 Å². The van der Waals surface area contributed by atoms with Gasteiger partial charge in [-0.05, 0) is 18.1 Å². The first-order valence-corrected chi connectivity index (χ1v) is 6.18. The highest BCUT2D eigenvalue weighted by Gasteiger charge is 2.11. The molecule has 19 heavy (non-hydrogen) atoms. The summed E-state index contributed by atoms with van der Waals surface area (Å²) in [7, 11) is 1.86. The molecule has 0 amide bonds. The monoisotopic (exact) mass is 265 g/mol. The second-order valence-corrected chi connectivity index (χ2v) is 4.88. The summed E-state index contributed by atoms with van der Waals surface area (Å²) in [4.78, 5) is 0. The number of halogens is 2. The van der Waals surface area contributed by atoms with Crippen LogP contribution in [0.1, 0.15) is 31.0 Å². The molecule has 3 nitrogen and oxygen atoms in total. The largest absolute Gasteiger partial charge is 0.381 e. The number of aromatic nitrogens is 2. The number of nitrogens with one attached hydrogen (secondary N) is 1. The molecule has 1 heterocycles. The average Bonchev–Trinajstić information content (AvgIpc) is 2.67. The van der Waals surface area contributed by atoms with Gasteiger partial charge in [0.25, 0.3) is 0 Å². The van der Waals surface area contributed by atoms with E-state index >= 15 is 0 Å². The fourth-order valence-electron chi connectivity index (χ4n) is 2.03. The lowest BCUT2D eigenvalue weighted by Crippen LogP contribution is -2.03. The maximum absolute atomic E-state index is 13.1. The summed E-state index contributed by atoms with van der Waals surface area (Å²) in [5.41, 5.74) is 2.45. The number of rotatable bonds is 4. The lowest BCUT2D eigenvalue weighted by Gasteiger charge is -2.08. The molecule has 2 aromatic rings. The lowest BCUT2D eigenvalue weighted by molar-refractivity contribution is 0.584. The van der Waals surface area contributed by atoms with Crippen molar-refractivity contribution in [2.75, 3.05) is 5.32 Å². The third-order valence-electron chi connectivity index (χ3n) is 2.83. The van der Waals surface area contributed by atoms with Crippen molar-refractivity contribution in [1.29, 1.82) is 0 Å². The van der Waals surface area contributed by atoms with E-state index in [1.165, 1.54) is 12.1 Å². The van der Waals surface area contributed by atoms with E-state index in [0.29, 0.717) is 18.2 Å². The van der Waals surface area contributed by atoms with E-state index in [0.717, 1.165) is 17.3 Å². The number of aryl methyl sites for hydroxylation is 1. The van der Waals surface area contributed by atoms with Crippen LogP contribution in [0.5, 0.6) is 0 Å². The lowest BCUT2D eigenvalue weighted by atomic mass is 10.1. The zero-order valence-corrected chi connectivity index (χ0v) is 11.2. The zero-order chi connectivity index (χ0) is 14.0. The predicted octanol–water partition coefficient (Wildman–Crippen LogP) is 3.43. The molecule has 0 unspecified atom stereocenters. The van der Waals surface area contributed by atoms with Gasteiger partial charge in [0.2, 0.25) is 0 Å². The van der Waals surface area contributed by atoms with Gasteiger partial charge in [0, 0.05) is 37.1 Å². The minimum absolute atomic E-state index is 0.308. The first-order chi connectivity index (χ1) is 8.95. The quantitative estimate of drug-likeness (QED) is 0.917. The van der Waals surface area contributed by atoms with Gasteiger partial charge >= 0.3 is 0 Å². The van der Waals surface area contributed by atoms with Gasteiger partial charge in [-0.15, -0.1) is 0 Å². The summed E-state index contributed by atoms with van der Waals surface area (Å²) in [6.07, 6.45) is 1.91. The number of hydrogen-bond donors (Lipinski definition) is 1. The van der Waals surface area contributed by atoms with E-state index in [4.69, 9.17) is 0 Å². The Balaban J connectivity index is 2.14. The minimum atomic E-state index is -0.585. The molecule has 1 aromatic heterocycles. The van der Waals surface area contributed by atoms with Crippen molar-refractivity contribution in [2.45, 2.75) is 26.3 Å². The summed E-state index contributed by atoms with van der Waals surface area (Å²) >= 11 is 0. The SMILES string of the molecule is CC(C)c1nn(C)cc1CNc1cc(F)cc(F)c1. The van der Waals surface area contributed by atoms with Gasteiger partial charge < -0.3 is 5.32 Å². The minimum Gasteiger partial charge on any atom is -0.381 e. The predicted molar refractivity (Wildman–Crippen MR) is 71.0 cm³/mol. The highest BCUT2D eigenvalue weighted by molar-refractivity contribution is 5.44. The molecule has 0 spiro atoms. The Morgan fingerprint density at radius 1 is 1.21 bits per heavy atom. The third-order valence-corrected chi connectivity index (χ3v) is 2.83. The molecule has 0 saturated carbocycles. The van der Waals surface area contributed by atoms with Crippen LogP contribution in [0, 0.1) is 11.6 Å². The molecular formula is C14H17F2N3. The Kier molecular flexibility index (Phi) is 3.83. The molecule has 2 rings (SSSR count). The van der Waals surface area contributed by atoms with Crippen LogP contribution in [0.3, 0.4) is 0 Å². The van der Waals surface area contributed by atoms with Crippen molar-refractivity contribution in [3.05, 3.63) is 47.3 Å². The van der Waals surface area contributed by atoms with Crippen molar-refractivity contribution in [3.8, 4) is 0 Å². The van der Waals surface area contributed by atoms with Crippen LogP contribution in [0.4, 0.5) is 14.5 Å². The van der Waals surface area contributed by atoms with Crippen LogP contribution >= 0.6 is 0 Å². The van der Waals surface area contributed by atoms with E-state index in [1.54, 1.807) is 4.68 Å². The number of hydrogen-bond acceptors (Lipinski definition) is 2. The van der Waals surface area contributed by atoms with E-state index < -0.39 is 11.6 Å². The topological polar surface area (TPSA) is 29.9 Å². The summed E-state index contributed by atoms with van der Waals surface area (Å²) in [6.45, 7) is 4.62. The molecule has 0 aliphatic carbocycles. The molecule has 0 aliphatic heterocycles. The molecule has 0 aliphatic rings. The van der Waals surface area contributed by atoms with Gasteiger partial charge in [-0.2, -0.15) is 5.10 Å². The Hall–Kier alpha value is -1.91. The van der Waals surface area contributed by atoms with Crippen LogP contribution in [0.2, 0.25) is 0 Å². The number of nitrogens with zero attached hydrogens (tertiary/aromatic N) is 2. The molecule has 102 valence electrons. The molecule has 5 heteroatoms. The highest BCUT2D eigenvalue weighted by atomic mass is 19.1. The summed E-state index contributed by atoms with van der Waals surface area (Å²) < 4.78 is 27.9. The van der Waals surface area contributed by atoms with Crippen LogP contribution in [0.15, 0.2) is 24.4 Å². The Morgan fingerprint density at radius 3 is 2.42 bits per heavy atom. The molecule has 0 fully saturated rings. The zero-order valence-electron chi connectivity index (χ0n) is 11.2. The fraction of sp³-hybridized carbons (Fsp3) is 0.357. The molecule has 0 radical (unpaired) electrons. The summed E-state index contributed by atoms with van der Waals surface area (Å²) in [6, 6.07) is 3.40. The summed E-state index contributed by atoms with van der Waals surface area (Å²) in [5, 5.41) is 7.40. The van der Waals surface area contributed by atoms with Gasteiger partial charge in [-0.1, -0.05) is 13.8 Å². The van der Waals surface area contributed by atoms with E-state index in [-0.39, 0.29) is 0 Å². The molecule has 1 aromatic carbocycles. The van der Waals surface area contributed by atoms with E-state index in [1.807, 2.05) is 13.2 Å². The van der Waals surface area contributed by atoms with Gasteiger partial charge in [0.15, 0.2) is 0 Å². The van der Waals surface area contributed by atoms with Gasteiger partial charge in [0.1, 0.15) is 11.6 Å². The van der Waals surface area contributed by atoms with Crippen molar-refractivity contribution >= 4 is 5.69 Å². The van der Waals surface area contributed by atoms with Crippen molar-refractivity contribution in [2.24, 2.45) is 7.05 Å². The van der Waals surface area contributed by atoms with Gasteiger partial charge in [-0.25, -0.2) is 8.78 Å². The smallest absolute Gasteiger partial charge is 0.128 e. The van der Waals surface area contributed by atoms with E-state index in [9.17, 15) is 8.78 Å². The second kappa shape index (κ2) is 5.38. The van der Waals surface area contributed by atoms with Crippen LogP contribution in [-0.4, -0.2) is 9.78 Å². The average molecular weight is 265 g/mol. The molecule has 0 atom stereocenters. The van der Waals surface area contributed by atoms with Gasteiger partial charge in [-0.3, -0.25) is 4.68 Å². The first kappa shape index (κ1) is 13.5. The Labute approximate surface area is 111 Å². The highest BCUT2D eigenvalue weighted by Crippen LogP contribution is 2.19. The fourth-order valence-corrected chi connectivity index (χ4v) is 2.03. The Bertz CT molecular complexity index is 556. The third kappa shape index (κ3) is 3.30. The first-order valence-electron chi connectivity index (χ1n) is 6.18. The molecule has 0 bridgehead atoms. The standard InChI is InChI=1S/C14H17F2N3/c1-9(2)14-10(8-19(3)18-14)7-17-13-5-11(15)4-12(16)6-13/h4-6,8-9,17H,7H2,1-3H3. The normalized spacial score (nSPS) is 11.1. The number of anilines is 1. The maximum Gasteiger partial charge on any atom is 0.128 e. The van der Waals surface area contributed by atoms with E-state index in [2.05, 4.69) is 24.3 Å². The number of benzene rings is 1. The second-order valence-electron chi connectivity index (χ2n) is 4.88. The van der Waals surface area contributed by atoms with Crippen molar-refractivity contribution < 1.29 is 8.78 Å². The van der Waals surface area contributed by atoms with Gasteiger partial charge in [0.05, 0.1) is 5.69 Å². The molecule has 0 saturated heterocycles.